The third kappa shape index (κ3) is 2.79. The summed E-state index contributed by atoms with van der Waals surface area (Å²) < 4.78 is -0.0492. The number of likely N-dealkylation sites (tertiary alicyclic amines) is 1. The van der Waals surface area contributed by atoms with Crippen LogP contribution in [-0.2, 0) is 16.0 Å². The summed E-state index contributed by atoms with van der Waals surface area (Å²) in [5.41, 5.74) is 1.78. The van der Waals surface area contributed by atoms with Crippen molar-refractivity contribution in [1.82, 2.24) is 0 Å². The number of quaternary nitrogens is 1. The monoisotopic (exact) mass is 260 g/mol. The van der Waals surface area contributed by atoms with Crippen molar-refractivity contribution < 1.29 is 18.9 Å². The maximum Gasteiger partial charge on any atom is 0.321 e. The predicted molar refractivity (Wildman–Crippen MR) is 70.4 cm³/mol. The second-order valence-electron chi connectivity index (χ2n) is 5.17. The van der Waals surface area contributed by atoms with Crippen LogP contribution in [0.15, 0.2) is 24.3 Å². The summed E-state index contributed by atoms with van der Waals surface area (Å²) in [4.78, 5) is 34.0. The van der Waals surface area contributed by atoms with E-state index in [1.165, 1.54) is 0 Å². The molecule has 4 nitrogen and oxygen atoms in total. The number of amides is 2. The van der Waals surface area contributed by atoms with E-state index in [1.807, 2.05) is 12.1 Å². The average molecular weight is 260 g/mol. The molecule has 2 rings (SSSR count). The molecule has 1 aromatic carbocycles. The minimum absolute atomic E-state index is 0.0290. The van der Waals surface area contributed by atoms with Crippen LogP contribution in [0.3, 0.4) is 0 Å². The molecule has 2 amide bonds. The summed E-state index contributed by atoms with van der Waals surface area (Å²) >= 11 is 0. The molecule has 4 heteroatoms. The Morgan fingerprint density at radius 3 is 2.21 bits per heavy atom. The van der Waals surface area contributed by atoms with Crippen LogP contribution in [0.25, 0.3) is 0 Å². The Bertz CT molecular complexity index is 489. The van der Waals surface area contributed by atoms with Crippen LogP contribution in [0.5, 0.6) is 0 Å². The van der Waals surface area contributed by atoms with E-state index in [2.05, 4.69) is 0 Å². The van der Waals surface area contributed by atoms with E-state index in [-0.39, 0.29) is 16.3 Å². The van der Waals surface area contributed by atoms with E-state index in [0.717, 1.165) is 24.7 Å². The Labute approximate surface area is 112 Å². The van der Waals surface area contributed by atoms with E-state index >= 15 is 0 Å². The number of rotatable bonds is 5. The first-order valence-corrected chi connectivity index (χ1v) is 6.53. The number of carbonyl (C=O) groups excluding carboxylic acids is 3. The lowest BCUT2D eigenvalue weighted by atomic mass is 10.1. The number of nitrogens with zero attached hydrogens (tertiary/aromatic N) is 1. The van der Waals surface area contributed by atoms with Crippen molar-refractivity contribution in [3.63, 3.8) is 0 Å². The van der Waals surface area contributed by atoms with Crippen LogP contribution in [0, 0.1) is 0 Å². The number of benzene rings is 1. The number of imide groups is 1. The second kappa shape index (κ2) is 5.45. The normalized spacial score (nSPS) is 17.7. The molecule has 0 aromatic heterocycles. The standard InChI is InChI=1S/C15H18NO3/c1-16(14(18)8-9-15(16)19)10-2-3-12-4-6-13(11-17)7-5-12/h4-7,11H,2-3,8-10H2,1H3/q+1. The molecule has 1 heterocycles. The third-order valence-electron chi connectivity index (χ3n) is 3.84. The van der Waals surface area contributed by atoms with Crippen molar-refractivity contribution in [2.45, 2.75) is 25.7 Å². The number of aldehydes is 1. The first-order valence-electron chi connectivity index (χ1n) is 6.53. The highest BCUT2D eigenvalue weighted by atomic mass is 16.2. The van der Waals surface area contributed by atoms with E-state index in [4.69, 9.17) is 0 Å². The van der Waals surface area contributed by atoms with E-state index < -0.39 is 0 Å². The lowest BCUT2D eigenvalue weighted by molar-refractivity contribution is -0.752. The van der Waals surface area contributed by atoms with E-state index in [0.29, 0.717) is 24.9 Å². The summed E-state index contributed by atoms with van der Waals surface area (Å²) in [5, 5.41) is 0. The largest absolute Gasteiger partial charge is 0.321 e. The molecule has 0 unspecified atom stereocenters. The van der Waals surface area contributed by atoms with Gasteiger partial charge in [-0.2, -0.15) is 0 Å². The Morgan fingerprint density at radius 2 is 1.68 bits per heavy atom. The van der Waals surface area contributed by atoms with Gasteiger partial charge in [0.2, 0.25) is 0 Å². The number of carbonyl (C=O) groups is 3. The van der Waals surface area contributed by atoms with Crippen LogP contribution in [0.2, 0.25) is 0 Å². The Morgan fingerprint density at radius 1 is 1.11 bits per heavy atom. The molecule has 1 aromatic rings. The van der Waals surface area contributed by atoms with Gasteiger partial charge in [-0.15, -0.1) is 0 Å². The van der Waals surface area contributed by atoms with Crippen LogP contribution in [0.4, 0.5) is 0 Å². The highest BCUT2D eigenvalue weighted by molar-refractivity contribution is 5.91. The quantitative estimate of drug-likeness (QED) is 0.460. The molecule has 1 saturated heterocycles. The topological polar surface area (TPSA) is 51.2 Å². The Kier molecular flexibility index (Phi) is 3.90. The molecular weight excluding hydrogens is 242 g/mol. The SMILES string of the molecule is C[N+]1(CCCc2ccc(C=O)cc2)C(=O)CCC1=O. The summed E-state index contributed by atoms with van der Waals surface area (Å²) in [5.74, 6) is 0.0580. The van der Waals surface area contributed by atoms with Gasteiger partial charge in [-0.25, -0.2) is 14.1 Å². The molecule has 100 valence electrons. The van der Waals surface area contributed by atoms with Gasteiger partial charge in [-0.05, 0) is 12.0 Å². The number of hydrogen-bond acceptors (Lipinski definition) is 3. The van der Waals surface area contributed by atoms with Gasteiger partial charge in [0.05, 0.1) is 26.4 Å². The van der Waals surface area contributed by atoms with Gasteiger partial charge in [-0.3, -0.25) is 4.79 Å². The first-order chi connectivity index (χ1) is 9.06. The first kappa shape index (κ1) is 13.6. The summed E-state index contributed by atoms with van der Waals surface area (Å²) in [6.45, 7) is 0.563. The summed E-state index contributed by atoms with van der Waals surface area (Å²) in [6.07, 6.45) is 3.17. The van der Waals surface area contributed by atoms with Crippen molar-refractivity contribution in [2.75, 3.05) is 13.6 Å². The van der Waals surface area contributed by atoms with Gasteiger partial charge in [-0.1, -0.05) is 24.3 Å². The van der Waals surface area contributed by atoms with Crippen LogP contribution >= 0.6 is 0 Å². The minimum atomic E-state index is -0.0492. The third-order valence-corrected chi connectivity index (χ3v) is 3.84. The van der Waals surface area contributed by atoms with Crippen LogP contribution < -0.4 is 0 Å². The second-order valence-corrected chi connectivity index (χ2v) is 5.17. The minimum Gasteiger partial charge on any atom is -0.298 e. The molecular formula is C15H18NO3+. The highest BCUT2D eigenvalue weighted by Gasteiger charge is 2.45. The van der Waals surface area contributed by atoms with Crippen LogP contribution in [0.1, 0.15) is 35.2 Å². The number of aryl methyl sites for hydroxylation is 1. The predicted octanol–water partition coefficient (Wildman–Crippen LogP) is 1.73. The summed E-state index contributed by atoms with van der Waals surface area (Å²) in [6, 6.07) is 7.39. The fraction of sp³-hybridized carbons (Fsp3) is 0.400. The lowest BCUT2D eigenvalue weighted by Crippen LogP contribution is -2.49. The van der Waals surface area contributed by atoms with Crippen molar-refractivity contribution in [1.29, 1.82) is 0 Å². The van der Waals surface area contributed by atoms with E-state index in [9.17, 15) is 14.4 Å². The van der Waals surface area contributed by atoms with Crippen molar-refractivity contribution >= 4 is 18.1 Å². The van der Waals surface area contributed by atoms with Crippen molar-refractivity contribution in [3.05, 3.63) is 35.4 Å². The average Bonchev–Trinajstić information content (AvgIpc) is 2.68. The molecule has 0 radical (unpaired) electrons. The van der Waals surface area contributed by atoms with Crippen molar-refractivity contribution in [2.24, 2.45) is 0 Å². The molecule has 1 fully saturated rings. The van der Waals surface area contributed by atoms with Gasteiger partial charge < -0.3 is 0 Å². The van der Waals surface area contributed by atoms with Crippen LogP contribution in [-0.4, -0.2) is 36.2 Å². The molecule has 1 aliphatic rings. The van der Waals surface area contributed by atoms with Gasteiger partial charge in [0.1, 0.15) is 6.29 Å². The van der Waals surface area contributed by atoms with E-state index in [1.54, 1.807) is 19.2 Å². The molecule has 0 bridgehead atoms. The molecule has 19 heavy (non-hydrogen) atoms. The Balaban J connectivity index is 1.91. The molecule has 0 aliphatic carbocycles. The fourth-order valence-corrected chi connectivity index (χ4v) is 2.46. The molecule has 1 aliphatic heterocycles. The van der Waals surface area contributed by atoms with Gasteiger partial charge >= 0.3 is 11.8 Å². The highest BCUT2D eigenvalue weighted by Crippen LogP contribution is 2.21. The molecule has 0 N–H and O–H groups in total. The maximum absolute atomic E-state index is 11.7. The van der Waals surface area contributed by atoms with Gasteiger partial charge in [0.25, 0.3) is 0 Å². The maximum atomic E-state index is 11.7. The smallest absolute Gasteiger partial charge is 0.298 e. The zero-order valence-corrected chi connectivity index (χ0v) is 11.1. The van der Waals surface area contributed by atoms with Gasteiger partial charge in [0, 0.05) is 12.0 Å². The molecule has 0 saturated carbocycles. The summed E-state index contributed by atoms with van der Waals surface area (Å²) in [7, 11) is 1.72. The fourth-order valence-electron chi connectivity index (χ4n) is 2.46. The zero-order valence-electron chi connectivity index (χ0n) is 11.1. The zero-order chi connectivity index (χ0) is 13.9. The molecule has 0 spiro atoms. The number of hydrogen-bond donors (Lipinski definition) is 0. The lowest BCUT2D eigenvalue weighted by Gasteiger charge is -2.23. The molecule has 0 atom stereocenters. The van der Waals surface area contributed by atoms with Crippen molar-refractivity contribution in [3.8, 4) is 0 Å². The van der Waals surface area contributed by atoms with Gasteiger partial charge in [0.15, 0.2) is 0 Å². The Hall–Kier alpha value is -1.81.